The number of hydrogen-bond donors (Lipinski definition) is 1. The van der Waals surface area contributed by atoms with Crippen molar-refractivity contribution in [1.29, 1.82) is 0 Å². The summed E-state index contributed by atoms with van der Waals surface area (Å²) in [5.74, 6) is 0.747. The number of hydrogen-bond acceptors (Lipinski definition) is 5. The van der Waals surface area contributed by atoms with Crippen molar-refractivity contribution >= 4 is 11.6 Å². The molecule has 24 heavy (non-hydrogen) atoms. The second kappa shape index (κ2) is 8.05. The second-order valence-electron chi connectivity index (χ2n) is 6.65. The van der Waals surface area contributed by atoms with Gasteiger partial charge in [0.1, 0.15) is 0 Å². The highest BCUT2D eigenvalue weighted by Gasteiger charge is 2.43. The monoisotopic (exact) mass is 333 g/mol. The van der Waals surface area contributed by atoms with E-state index in [4.69, 9.17) is 9.47 Å². The fraction of sp³-hybridized carbons (Fsp3) is 0.667. The molecule has 1 N–H and O–H groups in total. The third-order valence-electron chi connectivity index (χ3n) is 5.07. The summed E-state index contributed by atoms with van der Waals surface area (Å²) in [6.45, 7) is 9.55. The molecule has 1 aromatic heterocycles. The number of nitrogens with one attached hydrogen (secondary N) is 1. The van der Waals surface area contributed by atoms with E-state index in [9.17, 15) is 4.79 Å². The number of nitrogens with zero attached hydrogens (tertiary/aromatic N) is 2. The normalized spacial score (nSPS) is 27.0. The molecule has 132 valence electrons. The molecule has 1 amide bonds. The Bertz CT molecular complexity index is 566. The molecule has 6 heteroatoms. The molecule has 2 fully saturated rings. The Morgan fingerprint density at radius 1 is 1.46 bits per heavy atom. The average Bonchev–Trinajstić information content (AvgIpc) is 3.00. The van der Waals surface area contributed by atoms with Gasteiger partial charge >= 0.3 is 0 Å². The molecule has 2 aliphatic rings. The Kier molecular flexibility index (Phi) is 5.81. The van der Waals surface area contributed by atoms with Crippen LogP contribution in [-0.2, 0) is 14.3 Å². The first-order chi connectivity index (χ1) is 11.7. The van der Waals surface area contributed by atoms with Crippen molar-refractivity contribution in [3.8, 4) is 0 Å². The fourth-order valence-electron chi connectivity index (χ4n) is 3.72. The van der Waals surface area contributed by atoms with Gasteiger partial charge in [-0.2, -0.15) is 0 Å². The van der Waals surface area contributed by atoms with E-state index in [1.165, 1.54) is 0 Å². The number of amides is 1. The van der Waals surface area contributed by atoms with Crippen LogP contribution in [0.3, 0.4) is 0 Å². The highest BCUT2D eigenvalue weighted by Crippen LogP contribution is 2.34. The summed E-state index contributed by atoms with van der Waals surface area (Å²) in [6.07, 6.45) is 1.73. The van der Waals surface area contributed by atoms with Gasteiger partial charge in [-0.25, -0.2) is 0 Å². The highest BCUT2D eigenvalue weighted by molar-refractivity contribution is 5.93. The zero-order chi connectivity index (χ0) is 16.9. The smallest absolute Gasteiger partial charge is 0.230 e. The van der Waals surface area contributed by atoms with Gasteiger partial charge in [0.15, 0.2) is 0 Å². The minimum atomic E-state index is -0.0968. The van der Waals surface area contributed by atoms with Crippen molar-refractivity contribution in [2.24, 2.45) is 17.8 Å². The fourth-order valence-corrected chi connectivity index (χ4v) is 3.72. The number of aryl methyl sites for hydroxylation is 1. The van der Waals surface area contributed by atoms with Gasteiger partial charge in [0.2, 0.25) is 5.91 Å². The number of aromatic nitrogens is 1. The van der Waals surface area contributed by atoms with E-state index < -0.39 is 0 Å². The maximum Gasteiger partial charge on any atom is 0.230 e. The molecule has 0 radical (unpaired) electrons. The van der Waals surface area contributed by atoms with Gasteiger partial charge in [0, 0.05) is 32.4 Å². The van der Waals surface area contributed by atoms with E-state index >= 15 is 0 Å². The zero-order valence-electron chi connectivity index (χ0n) is 14.5. The van der Waals surface area contributed by atoms with Crippen molar-refractivity contribution in [3.05, 3.63) is 24.0 Å². The average molecular weight is 333 g/mol. The predicted octanol–water partition coefficient (Wildman–Crippen LogP) is 1.56. The van der Waals surface area contributed by atoms with Crippen LogP contribution in [0, 0.1) is 24.7 Å². The second-order valence-corrected chi connectivity index (χ2v) is 6.65. The Hall–Kier alpha value is -1.50. The van der Waals surface area contributed by atoms with Gasteiger partial charge in [-0.1, -0.05) is 0 Å². The lowest BCUT2D eigenvalue weighted by Crippen LogP contribution is -2.42. The summed E-state index contributed by atoms with van der Waals surface area (Å²) in [5.41, 5.74) is 1.62. The van der Waals surface area contributed by atoms with Crippen molar-refractivity contribution in [3.63, 3.8) is 0 Å². The molecule has 0 bridgehead atoms. The molecular weight excluding hydrogens is 306 g/mol. The standard InChI is InChI=1S/C18H27N3O3/c1-3-23-8-7-21-9-14-11-24-12-16(15(14)10-21)18(22)20-17-5-4-6-19-13(17)2/h4-6,14-16H,3,7-12H2,1-2H3,(H,20,22)/t14-,15-,16+/m0/s1. The molecular formula is C18H27N3O3. The summed E-state index contributed by atoms with van der Waals surface area (Å²) in [7, 11) is 0. The summed E-state index contributed by atoms with van der Waals surface area (Å²) < 4.78 is 11.2. The van der Waals surface area contributed by atoms with E-state index in [1.54, 1.807) is 6.20 Å². The van der Waals surface area contributed by atoms with Gasteiger partial charge in [0.25, 0.3) is 0 Å². The molecule has 2 saturated heterocycles. The minimum Gasteiger partial charge on any atom is -0.380 e. The van der Waals surface area contributed by atoms with E-state index in [2.05, 4.69) is 15.2 Å². The van der Waals surface area contributed by atoms with Crippen LogP contribution in [0.5, 0.6) is 0 Å². The number of fused-ring (bicyclic) bond motifs is 1. The van der Waals surface area contributed by atoms with E-state index in [0.717, 1.165) is 50.8 Å². The van der Waals surface area contributed by atoms with Gasteiger partial charge in [-0.05, 0) is 37.8 Å². The van der Waals surface area contributed by atoms with Crippen molar-refractivity contribution in [1.82, 2.24) is 9.88 Å². The lowest BCUT2D eigenvalue weighted by molar-refractivity contribution is -0.128. The van der Waals surface area contributed by atoms with E-state index in [0.29, 0.717) is 18.4 Å². The van der Waals surface area contributed by atoms with Crippen LogP contribution >= 0.6 is 0 Å². The number of anilines is 1. The molecule has 3 heterocycles. The number of carbonyl (C=O) groups is 1. The van der Waals surface area contributed by atoms with E-state index in [-0.39, 0.29) is 11.8 Å². The summed E-state index contributed by atoms with van der Waals surface area (Å²) >= 11 is 0. The summed E-state index contributed by atoms with van der Waals surface area (Å²) in [4.78, 5) is 19.4. The quantitative estimate of drug-likeness (QED) is 0.801. The first kappa shape index (κ1) is 17.3. The Balaban J connectivity index is 1.61. The summed E-state index contributed by atoms with van der Waals surface area (Å²) in [5, 5.41) is 3.04. The summed E-state index contributed by atoms with van der Waals surface area (Å²) in [6, 6.07) is 3.73. The first-order valence-corrected chi connectivity index (χ1v) is 8.79. The molecule has 0 spiro atoms. The number of pyridine rings is 1. The van der Waals surface area contributed by atoms with Gasteiger partial charge in [0.05, 0.1) is 37.1 Å². The maximum absolute atomic E-state index is 12.8. The van der Waals surface area contributed by atoms with Crippen LogP contribution in [0.15, 0.2) is 18.3 Å². The van der Waals surface area contributed by atoms with E-state index in [1.807, 2.05) is 26.0 Å². The molecule has 1 aromatic rings. The van der Waals surface area contributed by atoms with Crippen LogP contribution in [0.25, 0.3) is 0 Å². The van der Waals surface area contributed by atoms with Gasteiger partial charge in [-0.15, -0.1) is 0 Å². The first-order valence-electron chi connectivity index (χ1n) is 8.79. The van der Waals surface area contributed by atoms with Crippen LogP contribution in [0.2, 0.25) is 0 Å². The Labute approximate surface area is 143 Å². The number of rotatable bonds is 6. The minimum absolute atomic E-state index is 0.0486. The van der Waals surface area contributed by atoms with Gasteiger partial charge < -0.3 is 19.7 Å². The molecule has 0 aliphatic carbocycles. The third kappa shape index (κ3) is 3.94. The largest absolute Gasteiger partial charge is 0.380 e. The van der Waals surface area contributed by atoms with Crippen LogP contribution in [0.4, 0.5) is 5.69 Å². The molecule has 2 aliphatic heterocycles. The maximum atomic E-state index is 12.8. The van der Waals surface area contributed by atoms with Crippen molar-refractivity contribution < 1.29 is 14.3 Å². The molecule has 6 nitrogen and oxygen atoms in total. The van der Waals surface area contributed by atoms with Crippen LogP contribution in [0.1, 0.15) is 12.6 Å². The van der Waals surface area contributed by atoms with Crippen LogP contribution < -0.4 is 5.32 Å². The molecule has 0 aromatic carbocycles. The SMILES string of the molecule is CCOCCN1C[C@H]2COC[C@@H](C(=O)Nc3cccnc3C)[C@H]2C1. The predicted molar refractivity (Wildman–Crippen MR) is 91.8 cm³/mol. The van der Waals surface area contributed by atoms with Crippen LogP contribution in [-0.4, -0.2) is 61.9 Å². The van der Waals surface area contributed by atoms with Crippen molar-refractivity contribution in [2.45, 2.75) is 13.8 Å². The molecule has 3 rings (SSSR count). The topological polar surface area (TPSA) is 63.7 Å². The number of likely N-dealkylation sites (tertiary alicyclic amines) is 1. The Morgan fingerprint density at radius 2 is 2.33 bits per heavy atom. The third-order valence-corrected chi connectivity index (χ3v) is 5.07. The molecule has 0 unspecified atom stereocenters. The number of ether oxygens (including phenoxy) is 2. The molecule has 0 saturated carbocycles. The zero-order valence-corrected chi connectivity index (χ0v) is 14.5. The lowest BCUT2D eigenvalue weighted by Gasteiger charge is -2.32. The number of carbonyl (C=O) groups excluding carboxylic acids is 1. The van der Waals surface area contributed by atoms with Crippen molar-refractivity contribution in [2.75, 3.05) is 51.4 Å². The highest BCUT2D eigenvalue weighted by atomic mass is 16.5. The molecule has 3 atom stereocenters. The lowest BCUT2D eigenvalue weighted by atomic mass is 9.82. The van der Waals surface area contributed by atoms with Gasteiger partial charge in [-0.3, -0.25) is 9.78 Å². The Morgan fingerprint density at radius 3 is 3.12 bits per heavy atom.